The van der Waals surface area contributed by atoms with Gasteiger partial charge in [-0.2, -0.15) is 26.3 Å². The number of nitrogens with zero attached hydrogens (tertiary/aromatic N) is 1. The van der Waals surface area contributed by atoms with E-state index in [-0.39, 0.29) is 35.3 Å². The summed E-state index contributed by atoms with van der Waals surface area (Å²) in [6.07, 6.45) is -6.34. The Balaban J connectivity index is 2.45. The molecule has 1 heterocycles. The van der Waals surface area contributed by atoms with Crippen LogP contribution in [0.15, 0.2) is 49.2 Å². The maximum Gasteiger partial charge on any atom is 0.416 e. The first kappa shape index (κ1) is 25.5. The zero-order valence-electron chi connectivity index (χ0n) is 17.4. The second kappa shape index (κ2) is 9.41. The summed E-state index contributed by atoms with van der Waals surface area (Å²) < 4.78 is 78.9. The molecule has 0 radical (unpaired) electrons. The fraction of sp³-hybridized carbons (Fsp3) is 0.364. The van der Waals surface area contributed by atoms with Crippen molar-refractivity contribution in [1.29, 1.82) is 0 Å². The lowest BCUT2D eigenvalue weighted by Gasteiger charge is -2.38. The van der Waals surface area contributed by atoms with E-state index in [1.165, 1.54) is 12.3 Å². The number of benzene rings is 1. The van der Waals surface area contributed by atoms with Gasteiger partial charge in [0.15, 0.2) is 6.29 Å². The van der Waals surface area contributed by atoms with Crippen LogP contribution in [0.5, 0.6) is 0 Å². The van der Waals surface area contributed by atoms with E-state index in [2.05, 4.69) is 16.9 Å². The van der Waals surface area contributed by atoms with Crippen LogP contribution in [0.4, 0.5) is 26.3 Å². The lowest BCUT2D eigenvalue weighted by atomic mass is 9.80. The summed E-state index contributed by atoms with van der Waals surface area (Å²) in [4.78, 5) is 15.6. The first-order valence-corrected chi connectivity index (χ1v) is 9.55. The zero-order valence-corrected chi connectivity index (χ0v) is 17.4. The highest BCUT2D eigenvalue weighted by atomic mass is 19.4. The minimum Gasteiger partial charge on any atom is -0.319 e. The fourth-order valence-electron chi connectivity index (χ4n) is 3.54. The number of halogens is 6. The predicted molar refractivity (Wildman–Crippen MR) is 108 cm³/mol. The van der Waals surface area contributed by atoms with Gasteiger partial charge in [0.25, 0.3) is 0 Å². The fourth-order valence-corrected chi connectivity index (χ4v) is 3.54. The van der Waals surface area contributed by atoms with Gasteiger partial charge in [-0.3, -0.25) is 9.78 Å². The van der Waals surface area contributed by atoms with Crippen molar-refractivity contribution in [2.75, 3.05) is 0 Å². The molecule has 0 saturated heterocycles. The molecule has 0 amide bonds. The molecule has 0 aliphatic carbocycles. The summed E-state index contributed by atoms with van der Waals surface area (Å²) in [6, 6.07) is 3.72. The maximum atomic E-state index is 13.1. The van der Waals surface area contributed by atoms with E-state index in [1.807, 2.05) is 0 Å². The topological polar surface area (TPSA) is 68.0 Å². The molecule has 2 aromatic rings. The van der Waals surface area contributed by atoms with Crippen LogP contribution in [0.1, 0.15) is 46.6 Å². The molecule has 4 nitrogen and oxygen atoms in total. The van der Waals surface area contributed by atoms with Crippen LogP contribution in [0.2, 0.25) is 0 Å². The number of alkyl halides is 6. The number of hydrogen-bond acceptors (Lipinski definition) is 4. The molecule has 2 unspecified atom stereocenters. The van der Waals surface area contributed by atoms with Gasteiger partial charge in [-0.15, -0.1) is 6.58 Å². The average molecular weight is 459 g/mol. The number of aldehydes is 1. The van der Waals surface area contributed by atoms with Crippen LogP contribution >= 0.6 is 0 Å². The summed E-state index contributed by atoms with van der Waals surface area (Å²) >= 11 is 0. The number of rotatable bonds is 8. The number of carbonyl (C=O) groups is 1. The SMILES string of the molecule is C=CC(C)C(NCc1cc(C(F)(F)F)cc(C(F)(F)F)c1)[C@](C)(N)c1ncccc1C=O. The Kier molecular flexibility index (Phi) is 7.51. The van der Waals surface area contributed by atoms with Crippen LogP contribution in [0, 0.1) is 5.92 Å². The molecule has 0 aliphatic rings. The summed E-state index contributed by atoms with van der Waals surface area (Å²) in [5.74, 6) is -0.376. The highest BCUT2D eigenvalue weighted by Crippen LogP contribution is 2.36. The monoisotopic (exact) mass is 459 g/mol. The van der Waals surface area contributed by atoms with Crippen molar-refractivity contribution in [2.45, 2.75) is 44.3 Å². The van der Waals surface area contributed by atoms with Crippen LogP contribution in [-0.4, -0.2) is 17.3 Å². The molecule has 0 saturated carbocycles. The number of aromatic nitrogens is 1. The maximum absolute atomic E-state index is 13.1. The normalized spacial score (nSPS) is 16.2. The van der Waals surface area contributed by atoms with Gasteiger partial charge < -0.3 is 11.1 Å². The molecule has 0 bridgehead atoms. The van der Waals surface area contributed by atoms with Crippen molar-refractivity contribution in [3.63, 3.8) is 0 Å². The van der Waals surface area contributed by atoms with E-state index in [0.717, 1.165) is 0 Å². The van der Waals surface area contributed by atoms with E-state index in [4.69, 9.17) is 5.73 Å². The zero-order chi connectivity index (χ0) is 24.3. The molecule has 10 heteroatoms. The smallest absolute Gasteiger partial charge is 0.319 e. The Morgan fingerprint density at radius 3 is 2.16 bits per heavy atom. The van der Waals surface area contributed by atoms with Gasteiger partial charge in [-0.1, -0.05) is 13.0 Å². The predicted octanol–water partition coefficient (Wildman–Crippen LogP) is 5.09. The minimum atomic E-state index is -4.95. The van der Waals surface area contributed by atoms with E-state index < -0.39 is 35.1 Å². The molecular formula is C22H23F6N3O. The van der Waals surface area contributed by atoms with Gasteiger partial charge in [0, 0.05) is 24.3 Å². The van der Waals surface area contributed by atoms with Gasteiger partial charge in [0.1, 0.15) is 0 Å². The van der Waals surface area contributed by atoms with Gasteiger partial charge in [-0.05, 0) is 48.7 Å². The molecule has 32 heavy (non-hydrogen) atoms. The first-order chi connectivity index (χ1) is 14.7. The highest BCUT2D eigenvalue weighted by molar-refractivity contribution is 5.77. The molecule has 1 aromatic heterocycles. The van der Waals surface area contributed by atoms with Gasteiger partial charge in [0.05, 0.1) is 22.4 Å². The number of carbonyl (C=O) groups excluding carboxylic acids is 1. The molecule has 174 valence electrons. The summed E-state index contributed by atoms with van der Waals surface area (Å²) in [7, 11) is 0. The number of nitrogens with one attached hydrogen (secondary N) is 1. The van der Waals surface area contributed by atoms with E-state index in [1.54, 1.807) is 26.0 Å². The number of hydrogen-bond donors (Lipinski definition) is 2. The van der Waals surface area contributed by atoms with Gasteiger partial charge in [-0.25, -0.2) is 0 Å². The molecule has 1 aromatic carbocycles. The van der Waals surface area contributed by atoms with E-state index >= 15 is 0 Å². The lowest BCUT2D eigenvalue weighted by Crippen LogP contribution is -2.56. The van der Waals surface area contributed by atoms with Crippen molar-refractivity contribution in [2.24, 2.45) is 11.7 Å². The minimum absolute atomic E-state index is 0.0741. The molecule has 3 atom stereocenters. The van der Waals surface area contributed by atoms with Crippen LogP contribution < -0.4 is 11.1 Å². The summed E-state index contributed by atoms with van der Waals surface area (Å²) in [5, 5.41) is 2.95. The molecule has 2 rings (SSSR count). The summed E-state index contributed by atoms with van der Waals surface area (Å²) in [5.41, 5.74) is 2.63. The van der Waals surface area contributed by atoms with E-state index in [9.17, 15) is 31.1 Å². The highest BCUT2D eigenvalue weighted by Gasteiger charge is 2.39. The third kappa shape index (κ3) is 5.74. The average Bonchev–Trinajstić information content (AvgIpc) is 2.71. The lowest BCUT2D eigenvalue weighted by molar-refractivity contribution is -0.143. The van der Waals surface area contributed by atoms with Crippen molar-refractivity contribution >= 4 is 6.29 Å². The van der Waals surface area contributed by atoms with Crippen molar-refractivity contribution in [3.05, 3.63) is 77.1 Å². The Hall–Kier alpha value is -2.72. The quantitative estimate of drug-likeness (QED) is 0.328. The van der Waals surface area contributed by atoms with Crippen molar-refractivity contribution < 1.29 is 31.1 Å². The molecule has 0 fully saturated rings. The van der Waals surface area contributed by atoms with Crippen molar-refractivity contribution in [1.82, 2.24) is 10.3 Å². The molecule has 3 N–H and O–H groups in total. The standard InChI is InChI=1S/C22H23F6N3O/c1-4-13(2)18(20(3,29)19-15(12-32)6-5-7-30-19)31-11-14-8-16(21(23,24)25)10-17(9-14)22(26,27)28/h4-10,12-13,18,31H,1,11,29H2,2-3H3/t13?,18?,20-/m0/s1. The Morgan fingerprint density at radius 1 is 1.12 bits per heavy atom. The molecule has 0 spiro atoms. The Morgan fingerprint density at radius 2 is 1.69 bits per heavy atom. The van der Waals surface area contributed by atoms with Gasteiger partial charge >= 0.3 is 12.4 Å². The second-order valence-electron chi connectivity index (χ2n) is 7.71. The third-order valence-corrected chi connectivity index (χ3v) is 5.19. The third-order valence-electron chi connectivity index (χ3n) is 5.19. The Labute approximate surface area is 181 Å². The van der Waals surface area contributed by atoms with Crippen LogP contribution in [0.3, 0.4) is 0 Å². The van der Waals surface area contributed by atoms with Crippen molar-refractivity contribution in [3.8, 4) is 0 Å². The summed E-state index contributed by atoms with van der Waals surface area (Å²) in [6.45, 7) is 6.66. The first-order valence-electron chi connectivity index (χ1n) is 9.55. The molecule has 0 aliphatic heterocycles. The Bertz CT molecular complexity index is 937. The largest absolute Gasteiger partial charge is 0.416 e. The van der Waals surface area contributed by atoms with E-state index in [0.29, 0.717) is 18.4 Å². The van der Waals surface area contributed by atoms with Gasteiger partial charge in [0.2, 0.25) is 0 Å². The van der Waals surface area contributed by atoms with Crippen LogP contribution in [-0.2, 0) is 24.4 Å². The molecular weight excluding hydrogens is 436 g/mol. The number of pyridine rings is 1. The number of nitrogens with two attached hydrogens (primary N) is 1. The second-order valence-corrected chi connectivity index (χ2v) is 7.71. The van der Waals surface area contributed by atoms with Crippen LogP contribution in [0.25, 0.3) is 0 Å².